The zero-order chi connectivity index (χ0) is 20.8. The summed E-state index contributed by atoms with van der Waals surface area (Å²) in [5.74, 6) is 0.375. The van der Waals surface area contributed by atoms with Crippen LogP contribution >= 0.6 is 34.7 Å². The van der Waals surface area contributed by atoms with Gasteiger partial charge >= 0.3 is 0 Å². The van der Waals surface area contributed by atoms with Crippen molar-refractivity contribution in [2.45, 2.75) is 5.22 Å². The molecule has 0 fully saturated rings. The van der Waals surface area contributed by atoms with Gasteiger partial charge in [0.05, 0.1) is 11.4 Å². The number of thiophene rings is 1. The molecule has 0 saturated carbocycles. The fraction of sp³-hybridized carbons (Fsp3) is 0.0476. The highest BCUT2D eigenvalue weighted by molar-refractivity contribution is 7.99. The van der Waals surface area contributed by atoms with Crippen molar-refractivity contribution in [2.75, 3.05) is 11.1 Å². The summed E-state index contributed by atoms with van der Waals surface area (Å²) in [6.45, 7) is 0. The van der Waals surface area contributed by atoms with Crippen molar-refractivity contribution >= 4 is 58.2 Å². The SMILES string of the molecule is O=C(CSc1nnc(-c2ccc(N=Cc3cccs3)cc2)o1)Nc1ccc(Cl)cc1. The standard InChI is InChI=1S/C21H15ClN4O2S2/c22-15-5-9-17(10-6-15)24-19(27)13-30-21-26-25-20(28-21)14-3-7-16(8-4-14)23-12-18-2-1-11-29-18/h1-12H,13H2,(H,24,27). The highest BCUT2D eigenvalue weighted by Gasteiger charge is 2.11. The van der Waals surface area contributed by atoms with Gasteiger partial charge in [0.1, 0.15) is 0 Å². The molecule has 4 aromatic rings. The summed E-state index contributed by atoms with van der Waals surface area (Å²) in [5.41, 5.74) is 2.30. The van der Waals surface area contributed by atoms with E-state index in [1.54, 1.807) is 35.6 Å². The van der Waals surface area contributed by atoms with Gasteiger partial charge in [-0.05, 0) is 60.0 Å². The average Bonchev–Trinajstić information content (AvgIpc) is 3.45. The first-order valence-corrected chi connectivity index (χ1v) is 11.1. The lowest BCUT2D eigenvalue weighted by Crippen LogP contribution is -2.13. The number of benzene rings is 2. The van der Waals surface area contributed by atoms with Crippen molar-refractivity contribution in [3.8, 4) is 11.5 Å². The normalized spacial score (nSPS) is 11.1. The lowest BCUT2D eigenvalue weighted by molar-refractivity contribution is -0.113. The van der Waals surface area contributed by atoms with Crippen LogP contribution in [0.3, 0.4) is 0 Å². The first kappa shape index (κ1) is 20.3. The minimum atomic E-state index is -0.171. The highest BCUT2D eigenvalue weighted by atomic mass is 35.5. The number of carbonyl (C=O) groups excluding carboxylic acids is 1. The van der Waals surface area contributed by atoms with Crippen molar-refractivity contribution in [1.29, 1.82) is 0 Å². The van der Waals surface area contributed by atoms with E-state index >= 15 is 0 Å². The van der Waals surface area contributed by atoms with Gasteiger partial charge in [-0.1, -0.05) is 29.4 Å². The van der Waals surface area contributed by atoms with Crippen LogP contribution in [0.15, 0.2) is 80.7 Å². The van der Waals surface area contributed by atoms with Gasteiger partial charge in [0, 0.05) is 27.4 Å². The van der Waals surface area contributed by atoms with Crippen LogP contribution in [0.4, 0.5) is 11.4 Å². The number of nitrogens with one attached hydrogen (secondary N) is 1. The van der Waals surface area contributed by atoms with Crippen molar-refractivity contribution in [1.82, 2.24) is 10.2 Å². The first-order valence-electron chi connectivity index (χ1n) is 8.85. The third kappa shape index (κ3) is 5.56. The van der Waals surface area contributed by atoms with Crippen LogP contribution < -0.4 is 5.32 Å². The van der Waals surface area contributed by atoms with Crippen LogP contribution in [-0.2, 0) is 4.79 Å². The maximum Gasteiger partial charge on any atom is 0.277 e. The smallest absolute Gasteiger partial charge is 0.277 e. The van der Waals surface area contributed by atoms with Crippen molar-refractivity contribution in [3.63, 3.8) is 0 Å². The number of rotatable bonds is 7. The summed E-state index contributed by atoms with van der Waals surface area (Å²) in [5, 5.41) is 13.8. The van der Waals surface area contributed by atoms with Crippen LogP contribution in [0.25, 0.3) is 11.5 Å². The molecule has 0 aliphatic rings. The van der Waals surface area contributed by atoms with Crippen LogP contribution in [0, 0.1) is 0 Å². The molecule has 0 atom stereocenters. The maximum absolute atomic E-state index is 12.1. The number of hydrogen-bond donors (Lipinski definition) is 1. The summed E-state index contributed by atoms with van der Waals surface area (Å²) in [4.78, 5) is 17.6. The van der Waals surface area contributed by atoms with Crippen molar-refractivity contribution in [3.05, 3.63) is 75.9 Å². The fourth-order valence-corrected chi connectivity index (χ4v) is 3.71. The van der Waals surface area contributed by atoms with E-state index < -0.39 is 0 Å². The Kier molecular flexibility index (Phi) is 6.58. The fourth-order valence-electron chi connectivity index (χ4n) is 2.44. The van der Waals surface area contributed by atoms with E-state index in [0.717, 1.165) is 16.1 Å². The number of thioether (sulfide) groups is 1. The number of anilines is 1. The predicted molar refractivity (Wildman–Crippen MR) is 122 cm³/mol. The average molecular weight is 455 g/mol. The Labute approximate surface area is 186 Å². The van der Waals surface area contributed by atoms with Gasteiger partial charge in [0.15, 0.2) is 0 Å². The molecule has 2 aromatic carbocycles. The minimum absolute atomic E-state index is 0.153. The summed E-state index contributed by atoms with van der Waals surface area (Å²) in [6, 6.07) is 18.4. The van der Waals surface area contributed by atoms with Gasteiger partial charge in [0.2, 0.25) is 11.8 Å². The molecule has 1 amide bonds. The molecule has 0 aliphatic carbocycles. The summed E-state index contributed by atoms with van der Waals surface area (Å²) >= 11 is 8.65. The quantitative estimate of drug-likeness (QED) is 0.276. The molecule has 0 spiro atoms. The molecule has 9 heteroatoms. The van der Waals surface area contributed by atoms with E-state index in [4.69, 9.17) is 16.0 Å². The van der Waals surface area contributed by atoms with Gasteiger partial charge in [0.25, 0.3) is 5.22 Å². The van der Waals surface area contributed by atoms with Gasteiger partial charge in [-0.2, -0.15) is 0 Å². The van der Waals surface area contributed by atoms with E-state index in [1.165, 1.54) is 11.8 Å². The molecule has 30 heavy (non-hydrogen) atoms. The monoisotopic (exact) mass is 454 g/mol. The van der Waals surface area contributed by atoms with E-state index in [9.17, 15) is 4.79 Å². The summed E-state index contributed by atoms with van der Waals surface area (Å²) < 4.78 is 5.65. The zero-order valence-corrected chi connectivity index (χ0v) is 17.9. The summed E-state index contributed by atoms with van der Waals surface area (Å²) in [6.07, 6.45) is 1.83. The first-order chi connectivity index (χ1) is 14.7. The molecule has 2 aromatic heterocycles. The highest BCUT2D eigenvalue weighted by Crippen LogP contribution is 2.25. The van der Waals surface area contributed by atoms with Crippen molar-refractivity contribution in [2.24, 2.45) is 4.99 Å². The number of aliphatic imine (C=N–C) groups is 1. The number of aromatic nitrogens is 2. The molecular weight excluding hydrogens is 440 g/mol. The van der Waals surface area contributed by atoms with E-state index in [0.29, 0.717) is 21.8 Å². The molecule has 0 aliphatic heterocycles. The molecule has 1 N–H and O–H groups in total. The predicted octanol–water partition coefficient (Wildman–Crippen LogP) is 5.93. The number of nitrogens with zero attached hydrogens (tertiary/aromatic N) is 3. The Hall–Kier alpha value is -2.94. The Balaban J connectivity index is 1.32. The second-order valence-electron chi connectivity index (χ2n) is 6.04. The molecule has 150 valence electrons. The van der Waals surface area contributed by atoms with E-state index in [-0.39, 0.29) is 11.7 Å². The van der Waals surface area contributed by atoms with Crippen LogP contribution in [-0.4, -0.2) is 28.1 Å². The summed E-state index contributed by atoms with van der Waals surface area (Å²) in [7, 11) is 0. The Morgan fingerprint density at radius 1 is 1.13 bits per heavy atom. The maximum atomic E-state index is 12.1. The molecule has 0 bridgehead atoms. The lowest BCUT2D eigenvalue weighted by Gasteiger charge is -2.03. The third-order valence-electron chi connectivity index (χ3n) is 3.86. The third-order valence-corrected chi connectivity index (χ3v) is 5.74. The minimum Gasteiger partial charge on any atom is -0.411 e. The molecule has 4 rings (SSSR count). The Morgan fingerprint density at radius 3 is 2.67 bits per heavy atom. The molecular formula is C21H15ClN4O2S2. The number of halogens is 1. The van der Waals surface area contributed by atoms with Gasteiger partial charge in [-0.3, -0.25) is 9.79 Å². The lowest BCUT2D eigenvalue weighted by atomic mass is 10.2. The second kappa shape index (κ2) is 9.71. The largest absolute Gasteiger partial charge is 0.411 e. The van der Waals surface area contributed by atoms with Gasteiger partial charge in [-0.25, -0.2) is 0 Å². The number of carbonyl (C=O) groups is 1. The Morgan fingerprint density at radius 2 is 1.93 bits per heavy atom. The van der Waals surface area contributed by atoms with Crippen molar-refractivity contribution < 1.29 is 9.21 Å². The Bertz CT molecular complexity index is 1140. The zero-order valence-electron chi connectivity index (χ0n) is 15.5. The van der Waals surface area contributed by atoms with E-state index in [1.807, 2.05) is 48.0 Å². The van der Waals surface area contributed by atoms with Crippen LogP contribution in [0.2, 0.25) is 5.02 Å². The van der Waals surface area contributed by atoms with Gasteiger partial charge < -0.3 is 9.73 Å². The topological polar surface area (TPSA) is 80.4 Å². The molecule has 0 unspecified atom stereocenters. The van der Waals surface area contributed by atoms with Crippen LogP contribution in [0.1, 0.15) is 4.88 Å². The number of hydrogen-bond acceptors (Lipinski definition) is 7. The van der Waals surface area contributed by atoms with Crippen LogP contribution in [0.5, 0.6) is 0 Å². The molecule has 6 nitrogen and oxygen atoms in total. The second-order valence-corrected chi connectivity index (χ2v) is 8.38. The molecule has 2 heterocycles. The van der Waals surface area contributed by atoms with Gasteiger partial charge in [-0.15, -0.1) is 21.5 Å². The molecule has 0 saturated heterocycles. The van der Waals surface area contributed by atoms with E-state index in [2.05, 4.69) is 20.5 Å². The molecule has 0 radical (unpaired) electrons. The number of amides is 1.